The zero-order chi connectivity index (χ0) is 18.9. The summed E-state index contributed by atoms with van der Waals surface area (Å²) in [5, 5.41) is 10.9. The van der Waals surface area contributed by atoms with Gasteiger partial charge in [0.1, 0.15) is 6.33 Å². The number of sulfonamides is 1. The van der Waals surface area contributed by atoms with Crippen molar-refractivity contribution in [3.63, 3.8) is 0 Å². The van der Waals surface area contributed by atoms with Crippen LogP contribution in [0.2, 0.25) is 0 Å². The van der Waals surface area contributed by atoms with Crippen molar-refractivity contribution >= 4 is 27.3 Å². The van der Waals surface area contributed by atoms with Crippen molar-refractivity contribution in [1.82, 2.24) is 20.2 Å². The van der Waals surface area contributed by atoms with Crippen LogP contribution in [0.25, 0.3) is 5.69 Å². The van der Waals surface area contributed by atoms with E-state index in [0.29, 0.717) is 30.0 Å². The first-order chi connectivity index (χ1) is 13.0. The van der Waals surface area contributed by atoms with Gasteiger partial charge in [0, 0.05) is 24.3 Å². The molecule has 0 bridgehead atoms. The molecule has 10 heteroatoms. The maximum absolute atomic E-state index is 12.6. The maximum atomic E-state index is 12.6. The number of tetrazole rings is 1. The van der Waals surface area contributed by atoms with Crippen molar-refractivity contribution in [1.29, 1.82) is 0 Å². The highest BCUT2D eigenvalue weighted by atomic mass is 32.2. The summed E-state index contributed by atoms with van der Waals surface area (Å²) >= 11 is 0. The summed E-state index contributed by atoms with van der Waals surface area (Å²) in [5.74, 6) is 0.0615. The van der Waals surface area contributed by atoms with Gasteiger partial charge in [-0.15, -0.1) is 5.10 Å². The van der Waals surface area contributed by atoms with Gasteiger partial charge >= 0.3 is 0 Å². The van der Waals surface area contributed by atoms with Crippen molar-refractivity contribution in [2.24, 2.45) is 0 Å². The van der Waals surface area contributed by atoms with Gasteiger partial charge < -0.3 is 4.90 Å². The van der Waals surface area contributed by atoms with E-state index >= 15 is 0 Å². The Balaban J connectivity index is 1.50. The molecule has 1 amide bonds. The summed E-state index contributed by atoms with van der Waals surface area (Å²) in [6.07, 6.45) is 2.80. The molecular weight excluding hydrogens is 368 g/mol. The molecule has 1 aromatic heterocycles. The molecular formula is C17H16N6O3S. The molecule has 0 aliphatic carbocycles. The normalized spacial score (nSPS) is 14.5. The second-order valence-electron chi connectivity index (χ2n) is 6.05. The molecule has 2 heterocycles. The Kier molecular flexibility index (Phi) is 4.32. The summed E-state index contributed by atoms with van der Waals surface area (Å²) in [6, 6.07) is 13.0. The second-order valence-corrected chi connectivity index (χ2v) is 7.73. The molecule has 0 unspecified atom stereocenters. The summed E-state index contributed by atoms with van der Waals surface area (Å²) < 4.78 is 29.2. The Bertz CT molecular complexity index is 1050. The van der Waals surface area contributed by atoms with Crippen molar-refractivity contribution in [3.8, 4) is 5.69 Å². The van der Waals surface area contributed by atoms with Crippen LogP contribution < -0.4 is 9.62 Å². The standard InChI is InChI=1S/C17H16N6O3S/c24-17-2-1-11-22(17)14-7-9-16(10-8-14)27(25,26)19-13-3-5-15(6-4-13)23-12-18-20-21-23/h3-10,12,19H,1-2,11H2. The van der Waals surface area contributed by atoms with Gasteiger partial charge in [-0.05, 0) is 65.4 Å². The first-order valence-corrected chi connectivity index (χ1v) is 9.78. The van der Waals surface area contributed by atoms with E-state index in [1.807, 2.05) is 0 Å². The SMILES string of the molecule is O=C1CCCN1c1ccc(S(=O)(=O)Nc2ccc(-n3cnnn3)cc2)cc1. The third-order valence-electron chi connectivity index (χ3n) is 4.27. The Labute approximate surface area is 155 Å². The molecule has 0 radical (unpaired) electrons. The topological polar surface area (TPSA) is 110 Å². The lowest BCUT2D eigenvalue weighted by Crippen LogP contribution is -2.23. The average molecular weight is 384 g/mol. The number of hydrogen-bond acceptors (Lipinski definition) is 6. The molecule has 1 aliphatic heterocycles. The van der Waals surface area contributed by atoms with Crippen LogP contribution in [0.4, 0.5) is 11.4 Å². The van der Waals surface area contributed by atoms with E-state index in [1.54, 1.807) is 41.3 Å². The summed E-state index contributed by atoms with van der Waals surface area (Å²) in [5.41, 5.74) is 1.84. The molecule has 1 saturated heterocycles. The van der Waals surface area contributed by atoms with Gasteiger partial charge in [0.15, 0.2) is 0 Å². The minimum atomic E-state index is -3.73. The highest BCUT2D eigenvalue weighted by molar-refractivity contribution is 7.92. The number of nitrogens with zero attached hydrogens (tertiary/aromatic N) is 5. The molecule has 1 aliphatic rings. The van der Waals surface area contributed by atoms with E-state index in [1.165, 1.54) is 23.1 Å². The molecule has 0 spiro atoms. The molecule has 0 atom stereocenters. The number of benzene rings is 2. The third-order valence-corrected chi connectivity index (χ3v) is 5.66. The Morgan fingerprint density at radius 3 is 2.26 bits per heavy atom. The van der Waals surface area contributed by atoms with Crippen LogP contribution in [0.3, 0.4) is 0 Å². The Morgan fingerprint density at radius 2 is 1.67 bits per heavy atom. The lowest BCUT2D eigenvalue weighted by atomic mass is 10.3. The van der Waals surface area contributed by atoms with Crippen LogP contribution in [-0.2, 0) is 14.8 Å². The largest absolute Gasteiger partial charge is 0.312 e. The number of amides is 1. The quantitative estimate of drug-likeness (QED) is 0.715. The van der Waals surface area contributed by atoms with Gasteiger partial charge in [0.25, 0.3) is 10.0 Å². The minimum absolute atomic E-state index is 0.0615. The summed E-state index contributed by atoms with van der Waals surface area (Å²) in [6.45, 7) is 0.664. The number of carbonyl (C=O) groups excluding carboxylic acids is 1. The first kappa shape index (κ1) is 17.2. The van der Waals surface area contributed by atoms with Crippen LogP contribution >= 0.6 is 0 Å². The lowest BCUT2D eigenvalue weighted by molar-refractivity contribution is -0.117. The van der Waals surface area contributed by atoms with Crippen molar-refractivity contribution in [2.75, 3.05) is 16.2 Å². The highest BCUT2D eigenvalue weighted by Crippen LogP contribution is 2.24. The monoisotopic (exact) mass is 384 g/mol. The lowest BCUT2D eigenvalue weighted by Gasteiger charge is -2.16. The average Bonchev–Trinajstić information content (AvgIpc) is 3.34. The van der Waals surface area contributed by atoms with Crippen LogP contribution in [0, 0.1) is 0 Å². The van der Waals surface area contributed by atoms with Crippen LogP contribution in [-0.4, -0.2) is 41.1 Å². The fourth-order valence-electron chi connectivity index (χ4n) is 2.90. The van der Waals surface area contributed by atoms with E-state index in [-0.39, 0.29) is 10.8 Å². The van der Waals surface area contributed by atoms with E-state index in [2.05, 4.69) is 20.2 Å². The summed E-state index contributed by atoms with van der Waals surface area (Å²) in [4.78, 5) is 13.6. The molecule has 3 aromatic rings. The van der Waals surface area contributed by atoms with Crippen LogP contribution in [0.1, 0.15) is 12.8 Å². The molecule has 1 N–H and O–H groups in total. The molecule has 2 aromatic carbocycles. The van der Waals surface area contributed by atoms with Gasteiger partial charge in [0.05, 0.1) is 10.6 Å². The van der Waals surface area contributed by atoms with Crippen LogP contribution in [0.5, 0.6) is 0 Å². The van der Waals surface area contributed by atoms with Crippen molar-refractivity contribution in [3.05, 3.63) is 54.9 Å². The van der Waals surface area contributed by atoms with Gasteiger partial charge in [-0.25, -0.2) is 13.1 Å². The molecule has 4 rings (SSSR count). The fraction of sp³-hybridized carbons (Fsp3) is 0.176. The van der Waals surface area contributed by atoms with Gasteiger partial charge in [-0.3, -0.25) is 9.52 Å². The zero-order valence-electron chi connectivity index (χ0n) is 14.2. The minimum Gasteiger partial charge on any atom is -0.312 e. The van der Waals surface area contributed by atoms with Gasteiger partial charge in [-0.2, -0.15) is 0 Å². The van der Waals surface area contributed by atoms with E-state index in [4.69, 9.17) is 0 Å². The van der Waals surface area contributed by atoms with Gasteiger partial charge in [-0.1, -0.05) is 0 Å². The number of aromatic nitrogens is 4. The predicted molar refractivity (Wildman–Crippen MR) is 98.0 cm³/mol. The summed E-state index contributed by atoms with van der Waals surface area (Å²) in [7, 11) is -3.73. The molecule has 27 heavy (non-hydrogen) atoms. The van der Waals surface area contributed by atoms with Crippen molar-refractivity contribution < 1.29 is 13.2 Å². The van der Waals surface area contributed by atoms with E-state index < -0.39 is 10.0 Å². The number of hydrogen-bond donors (Lipinski definition) is 1. The van der Waals surface area contributed by atoms with Crippen LogP contribution in [0.15, 0.2) is 59.8 Å². The molecule has 0 saturated carbocycles. The Morgan fingerprint density at radius 1 is 0.963 bits per heavy atom. The smallest absolute Gasteiger partial charge is 0.261 e. The fourth-order valence-corrected chi connectivity index (χ4v) is 3.96. The predicted octanol–water partition coefficient (Wildman–Crippen LogP) is 1.59. The second kappa shape index (κ2) is 6.80. The number of anilines is 2. The third kappa shape index (κ3) is 3.51. The first-order valence-electron chi connectivity index (χ1n) is 8.30. The number of carbonyl (C=O) groups is 1. The van der Waals surface area contributed by atoms with E-state index in [9.17, 15) is 13.2 Å². The van der Waals surface area contributed by atoms with Gasteiger partial charge in [0.2, 0.25) is 5.91 Å². The maximum Gasteiger partial charge on any atom is 0.261 e. The molecule has 138 valence electrons. The van der Waals surface area contributed by atoms with Crippen molar-refractivity contribution in [2.45, 2.75) is 17.7 Å². The number of nitrogens with one attached hydrogen (secondary N) is 1. The van der Waals surface area contributed by atoms with E-state index in [0.717, 1.165) is 6.42 Å². The molecule has 9 nitrogen and oxygen atoms in total. The highest BCUT2D eigenvalue weighted by Gasteiger charge is 2.22. The Hall–Kier alpha value is -3.27. The molecule has 1 fully saturated rings. The number of rotatable bonds is 5. The zero-order valence-corrected chi connectivity index (χ0v) is 15.0.